The van der Waals surface area contributed by atoms with Gasteiger partial charge in [0.05, 0.1) is 15.3 Å². The minimum atomic E-state index is -1.03. The van der Waals surface area contributed by atoms with Gasteiger partial charge in [0.25, 0.3) is 0 Å². The summed E-state index contributed by atoms with van der Waals surface area (Å²) in [5.74, 6) is -1.03. The molecule has 1 aliphatic carbocycles. The average Bonchev–Trinajstić information content (AvgIpc) is 1.94. The number of allylic oxidation sites excluding steroid dienone is 3. The fraction of sp³-hybridized carbons (Fsp3) is 0. The molecule has 0 saturated heterocycles. The van der Waals surface area contributed by atoms with Crippen LogP contribution in [-0.4, -0.2) is 20.8 Å². The Morgan fingerprint density at radius 2 is 2.09 bits per heavy atom. The summed E-state index contributed by atoms with van der Waals surface area (Å²) in [5, 5.41) is 8.58. The zero-order valence-electron chi connectivity index (χ0n) is 5.40. The highest BCUT2D eigenvalue weighted by Gasteiger charge is 2.16. The molecular formula is C7H4O2S2. The Labute approximate surface area is 74.2 Å². The second-order valence-electron chi connectivity index (χ2n) is 1.94. The molecule has 0 aromatic carbocycles. The van der Waals surface area contributed by atoms with Crippen molar-refractivity contribution < 1.29 is 9.90 Å². The fourth-order valence-corrected chi connectivity index (χ4v) is 1.10. The second kappa shape index (κ2) is 3.02. The second-order valence-corrected chi connectivity index (χ2v) is 2.79. The van der Waals surface area contributed by atoms with Gasteiger partial charge in [-0.1, -0.05) is 30.5 Å². The first-order valence-electron chi connectivity index (χ1n) is 2.83. The molecule has 0 amide bonds. The standard InChI is InChI=1S/C7H4O2S2/c8-7(9)4-2-1-3-5(10)6(4)11/h1-3H,(H,8,9). The summed E-state index contributed by atoms with van der Waals surface area (Å²) < 4.78 is 0. The smallest absolute Gasteiger partial charge is 0.337 e. The summed E-state index contributed by atoms with van der Waals surface area (Å²) in [6, 6.07) is 0. The third-order valence-electron chi connectivity index (χ3n) is 1.21. The topological polar surface area (TPSA) is 37.3 Å². The Morgan fingerprint density at radius 3 is 2.55 bits per heavy atom. The van der Waals surface area contributed by atoms with E-state index >= 15 is 0 Å². The van der Waals surface area contributed by atoms with Gasteiger partial charge in [-0.25, -0.2) is 4.79 Å². The molecule has 0 aromatic heterocycles. The number of thiocarbonyl (C=S) groups is 2. The maximum atomic E-state index is 10.5. The maximum Gasteiger partial charge on any atom is 0.337 e. The Balaban J connectivity index is 3.06. The molecule has 0 fully saturated rings. The first-order valence-corrected chi connectivity index (χ1v) is 3.65. The zero-order valence-corrected chi connectivity index (χ0v) is 7.04. The van der Waals surface area contributed by atoms with Crippen LogP contribution in [0.4, 0.5) is 0 Å². The van der Waals surface area contributed by atoms with E-state index in [1.54, 1.807) is 12.2 Å². The highest BCUT2D eigenvalue weighted by molar-refractivity contribution is 7.90. The Kier molecular flexibility index (Phi) is 2.26. The van der Waals surface area contributed by atoms with Gasteiger partial charge in [-0.2, -0.15) is 0 Å². The van der Waals surface area contributed by atoms with E-state index in [9.17, 15) is 4.79 Å². The highest BCUT2D eigenvalue weighted by Crippen LogP contribution is 2.08. The summed E-state index contributed by atoms with van der Waals surface area (Å²) in [4.78, 5) is 11.1. The number of carboxylic acids is 1. The van der Waals surface area contributed by atoms with Crippen LogP contribution in [0.5, 0.6) is 0 Å². The van der Waals surface area contributed by atoms with Gasteiger partial charge in [-0.05, 0) is 12.2 Å². The molecule has 4 heteroatoms. The molecule has 0 radical (unpaired) electrons. The zero-order chi connectivity index (χ0) is 8.43. The van der Waals surface area contributed by atoms with Gasteiger partial charge in [0, 0.05) is 0 Å². The molecule has 1 rings (SSSR count). The quantitative estimate of drug-likeness (QED) is 0.623. The molecule has 0 unspecified atom stereocenters. The van der Waals surface area contributed by atoms with Gasteiger partial charge >= 0.3 is 5.97 Å². The van der Waals surface area contributed by atoms with Crippen LogP contribution in [0.15, 0.2) is 23.8 Å². The number of hydrogen-bond acceptors (Lipinski definition) is 3. The van der Waals surface area contributed by atoms with Crippen LogP contribution in [0.3, 0.4) is 0 Å². The van der Waals surface area contributed by atoms with Gasteiger partial charge in [0.2, 0.25) is 0 Å². The lowest BCUT2D eigenvalue weighted by atomic mass is 10.1. The number of hydrogen-bond donors (Lipinski definition) is 1. The molecule has 2 nitrogen and oxygen atoms in total. The number of carboxylic acid groups (broad SMARTS) is 1. The average molecular weight is 184 g/mol. The summed E-state index contributed by atoms with van der Waals surface area (Å²) in [5.41, 5.74) is 0.104. The molecule has 0 spiro atoms. The van der Waals surface area contributed by atoms with Gasteiger partial charge in [0.15, 0.2) is 0 Å². The van der Waals surface area contributed by atoms with Crippen molar-refractivity contribution in [2.24, 2.45) is 0 Å². The van der Waals surface area contributed by atoms with Crippen molar-refractivity contribution in [3.05, 3.63) is 23.8 Å². The van der Waals surface area contributed by atoms with Crippen LogP contribution in [0.1, 0.15) is 0 Å². The third kappa shape index (κ3) is 1.58. The fourth-order valence-electron chi connectivity index (χ4n) is 0.684. The normalized spacial score (nSPS) is 16.5. The van der Waals surface area contributed by atoms with Crippen LogP contribution in [0.2, 0.25) is 0 Å². The summed E-state index contributed by atoms with van der Waals surface area (Å²) in [6.07, 6.45) is 4.64. The van der Waals surface area contributed by atoms with E-state index in [-0.39, 0.29) is 10.4 Å². The van der Waals surface area contributed by atoms with Crippen molar-refractivity contribution in [1.82, 2.24) is 0 Å². The van der Waals surface area contributed by atoms with E-state index in [1.165, 1.54) is 6.08 Å². The minimum absolute atomic E-state index is 0.104. The first-order chi connectivity index (χ1) is 5.13. The van der Waals surface area contributed by atoms with E-state index in [0.29, 0.717) is 4.86 Å². The van der Waals surface area contributed by atoms with Crippen molar-refractivity contribution in [1.29, 1.82) is 0 Å². The van der Waals surface area contributed by atoms with E-state index < -0.39 is 5.97 Å². The molecule has 1 N–H and O–H groups in total. The van der Waals surface area contributed by atoms with Crippen molar-refractivity contribution in [2.75, 3.05) is 0 Å². The maximum absolute atomic E-state index is 10.5. The van der Waals surface area contributed by atoms with Crippen LogP contribution < -0.4 is 0 Å². The summed E-state index contributed by atoms with van der Waals surface area (Å²) in [7, 11) is 0. The van der Waals surface area contributed by atoms with Crippen LogP contribution >= 0.6 is 24.4 Å². The summed E-state index contributed by atoms with van der Waals surface area (Å²) >= 11 is 9.58. The summed E-state index contributed by atoms with van der Waals surface area (Å²) in [6.45, 7) is 0. The molecule has 11 heavy (non-hydrogen) atoms. The SMILES string of the molecule is O=C(O)C1=CC=CC(=S)C1=S. The van der Waals surface area contributed by atoms with Crippen molar-refractivity contribution in [2.45, 2.75) is 0 Å². The highest BCUT2D eigenvalue weighted by atomic mass is 32.1. The largest absolute Gasteiger partial charge is 0.478 e. The van der Waals surface area contributed by atoms with Gasteiger partial charge in [-0.15, -0.1) is 0 Å². The monoisotopic (exact) mass is 184 g/mol. The van der Waals surface area contributed by atoms with Gasteiger partial charge < -0.3 is 5.11 Å². The van der Waals surface area contributed by atoms with E-state index in [4.69, 9.17) is 29.5 Å². The van der Waals surface area contributed by atoms with Gasteiger partial charge in [-0.3, -0.25) is 0 Å². The molecule has 0 bridgehead atoms. The Bertz CT molecular complexity index is 300. The molecule has 0 aliphatic heterocycles. The molecule has 0 heterocycles. The van der Waals surface area contributed by atoms with Crippen LogP contribution in [0.25, 0.3) is 0 Å². The molecular weight excluding hydrogens is 180 g/mol. The lowest BCUT2D eigenvalue weighted by molar-refractivity contribution is -0.132. The molecule has 1 aliphatic rings. The Morgan fingerprint density at radius 1 is 1.45 bits per heavy atom. The molecule has 56 valence electrons. The van der Waals surface area contributed by atoms with E-state index in [0.717, 1.165) is 0 Å². The van der Waals surface area contributed by atoms with Crippen molar-refractivity contribution >= 4 is 40.1 Å². The van der Waals surface area contributed by atoms with Crippen LogP contribution in [0, 0.1) is 0 Å². The van der Waals surface area contributed by atoms with Gasteiger partial charge in [0.1, 0.15) is 0 Å². The lowest BCUT2D eigenvalue weighted by Gasteiger charge is -2.05. The predicted octanol–water partition coefficient (Wildman–Crippen LogP) is 1.31. The number of rotatable bonds is 1. The first kappa shape index (κ1) is 8.23. The van der Waals surface area contributed by atoms with Crippen LogP contribution in [-0.2, 0) is 4.79 Å². The third-order valence-corrected chi connectivity index (χ3v) is 2.12. The molecule has 0 saturated carbocycles. The predicted molar refractivity (Wildman–Crippen MR) is 50.1 cm³/mol. The Hall–Kier alpha value is -0.870. The minimum Gasteiger partial charge on any atom is -0.478 e. The van der Waals surface area contributed by atoms with Crippen molar-refractivity contribution in [3.63, 3.8) is 0 Å². The van der Waals surface area contributed by atoms with Crippen molar-refractivity contribution in [3.8, 4) is 0 Å². The molecule has 0 aromatic rings. The number of carbonyl (C=O) groups is 1. The van der Waals surface area contributed by atoms with E-state index in [2.05, 4.69) is 0 Å². The lowest BCUT2D eigenvalue weighted by Crippen LogP contribution is -2.18. The van der Waals surface area contributed by atoms with E-state index in [1.807, 2.05) is 0 Å². The number of aliphatic carboxylic acids is 1. The molecule has 0 atom stereocenters.